The van der Waals surface area contributed by atoms with Crippen molar-refractivity contribution in [1.29, 1.82) is 0 Å². The second-order valence-electron chi connectivity index (χ2n) is 3.00. The summed E-state index contributed by atoms with van der Waals surface area (Å²) in [6, 6.07) is 6.32. The molecule has 84 valence electrons. The van der Waals surface area contributed by atoms with Crippen LogP contribution in [0.15, 0.2) is 30.3 Å². The maximum Gasteiger partial charge on any atom is 0.309 e. The minimum absolute atomic E-state index is 0.0172. The van der Waals surface area contributed by atoms with E-state index in [1.54, 1.807) is 18.2 Å². The smallest absolute Gasteiger partial charge is 0.309 e. The van der Waals surface area contributed by atoms with Crippen molar-refractivity contribution in [3.8, 4) is 0 Å². The average molecular weight is 221 g/mol. The van der Waals surface area contributed by atoms with Gasteiger partial charge in [0.15, 0.2) is 0 Å². The Labute approximate surface area is 92.5 Å². The Balaban J connectivity index is 2.80. The Morgan fingerprint density at radius 1 is 1.50 bits per heavy atom. The van der Waals surface area contributed by atoms with Crippen LogP contribution in [0, 0.1) is 10.1 Å². The zero-order valence-electron chi connectivity index (χ0n) is 8.75. The summed E-state index contributed by atoms with van der Waals surface area (Å²) in [5, 5.41) is 10.7. The quantitative estimate of drug-likeness (QED) is 0.444. The molecule has 0 fully saturated rings. The average Bonchev–Trinajstić information content (AvgIpc) is 2.29. The van der Waals surface area contributed by atoms with Crippen molar-refractivity contribution in [1.82, 2.24) is 0 Å². The molecule has 0 amide bonds. The van der Waals surface area contributed by atoms with Gasteiger partial charge in [-0.25, -0.2) is 0 Å². The molecular formula is C11H11NO4. The third-order valence-corrected chi connectivity index (χ3v) is 1.94. The summed E-state index contributed by atoms with van der Waals surface area (Å²) in [5.74, 6) is -0.380. The number of rotatable bonds is 4. The fourth-order valence-electron chi connectivity index (χ4n) is 1.16. The van der Waals surface area contributed by atoms with Crippen LogP contribution < -0.4 is 0 Å². The lowest BCUT2D eigenvalue weighted by Gasteiger charge is -1.96. The summed E-state index contributed by atoms with van der Waals surface area (Å²) in [6.45, 7) is 0. The van der Waals surface area contributed by atoms with Crippen LogP contribution in [-0.2, 0) is 9.53 Å². The third kappa shape index (κ3) is 3.20. The van der Waals surface area contributed by atoms with E-state index in [0.29, 0.717) is 5.56 Å². The maximum absolute atomic E-state index is 10.8. The number of carbonyl (C=O) groups excluding carboxylic acids is 1. The minimum Gasteiger partial charge on any atom is -0.469 e. The highest BCUT2D eigenvalue weighted by molar-refractivity contribution is 5.73. The topological polar surface area (TPSA) is 69.4 Å². The van der Waals surface area contributed by atoms with Crippen LogP contribution in [0.2, 0.25) is 0 Å². The van der Waals surface area contributed by atoms with E-state index in [4.69, 9.17) is 0 Å². The number of hydrogen-bond acceptors (Lipinski definition) is 4. The Bertz CT molecular complexity index is 426. The molecule has 5 nitrogen and oxygen atoms in total. The van der Waals surface area contributed by atoms with Crippen molar-refractivity contribution < 1.29 is 14.5 Å². The van der Waals surface area contributed by atoms with Gasteiger partial charge in [-0.05, 0) is 6.07 Å². The highest BCUT2D eigenvalue weighted by Gasteiger charge is 2.09. The fourth-order valence-corrected chi connectivity index (χ4v) is 1.16. The zero-order chi connectivity index (χ0) is 12.0. The number of hydrogen-bond donors (Lipinski definition) is 0. The number of carbonyl (C=O) groups is 1. The summed E-state index contributed by atoms with van der Waals surface area (Å²) < 4.78 is 4.44. The first-order valence-electron chi connectivity index (χ1n) is 4.62. The normalized spacial score (nSPS) is 10.3. The lowest BCUT2D eigenvalue weighted by molar-refractivity contribution is -0.385. The number of nitrogens with zero attached hydrogens (tertiary/aromatic N) is 1. The SMILES string of the molecule is COC(=O)CC=Cc1ccccc1[N+](=O)[O-]. The van der Waals surface area contributed by atoms with Gasteiger partial charge in [0.2, 0.25) is 0 Å². The highest BCUT2D eigenvalue weighted by Crippen LogP contribution is 2.18. The van der Waals surface area contributed by atoms with Crippen LogP contribution in [-0.4, -0.2) is 18.0 Å². The molecule has 0 saturated heterocycles. The Morgan fingerprint density at radius 2 is 2.19 bits per heavy atom. The Hall–Kier alpha value is -2.17. The van der Waals surface area contributed by atoms with Crippen molar-refractivity contribution in [3.05, 3.63) is 46.0 Å². The van der Waals surface area contributed by atoms with E-state index in [-0.39, 0.29) is 18.1 Å². The van der Waals surface area contributed by atoms with Crippen molar-refractivity contribution >= 4 is 17.7 Å². The molecule has 0 aromatic heterocycles. The van der Waals surface area contributed by atoms with E-state index in [9.17, 15) is 14.9 Å². The van der Waals surface area contributed by atoms with Crippen LogP contribution in [0.3, 0.4) is 0 Å². The summed E-state index contributed by atoms with van der Waals surface area (Å²) in [6.07, 6.45) is 3.17. The van der Waals surface area contributed by atoms with Crippen LogP contribution in [0.5, 0.6) is 0 Å². The first kappa shape index (κ1) is 11.9. The van der Waals surface area contributed by atoms with Crippen LogP contribution in [0.4, 0.5) is 5.69 Å². The van der Waals surface area contributed by atoms with Crippen molar-refractivity contribution in [2.75, 3.05) is 7.11 Å². The molecule has 0 atom stereocenters. The summed E-state index contributed by atoms with van der Waals surface area (Å²) in [5.41, 5.74) is 0.486. The largest absolute Gasteiger partial charge is 0.469 e. The highest BCUT2D eigenvalue weighted by atomic mass is 16.6. The van der Waals surface area contributed by atoms with Crippen LogP contribution >= 0.6 is 0 Å². The standard InChI is InChI=1S/C11H11NO4/c1-16-11(13)8-4-6-9-5-2-3-7-10(9)12(14)15/h2-7H,8H2,1H3. The van der Waals surface area contributed by atoms with Crippen molar-refractivity contribution in [2.45, 2.75) is 6.42 Å². The van der Waals surface area contributed by atoms with E-state index in [1.807, 2.05) is 0 Å². The molecule has 0 aliphatic heterocycles. The van der Waals surface area contributed by atoms with E-state index in [0.717, 1.165) is 0 Å². The summed E-state index contributed by atoms with van der Waals surface area (Å²) >= 11 is 0. The van der Waals surface area contributed by atoms with Gasteiger partial charge in [0.1, 0.15) is 0 Å². The molecule has 1 aromatic carbocycles. The number of methoxy groups -OCH3 is 1. The number of esters is 1. The van der Waals surface area contributed by atoms with Gasteiger partial charge in [-0.15, -0.1) is 0 Å². The van der Waals surface area contributed by atoms with E-state index in [2.05, 4.69) is 4.74 Å². The minimum atomic E-state index is -0.461. The monoisotopic (exact) mass is 221 g/mol. The van der Waals surface area contributed by atoms with Gasteiger partial charge < -0.3 is 4.74 Å². The number of ether oxygens (including phenoxy) is 1. The predicted molar refractivity (Wildman–Crippen MR) is 58.8 cm³/mol. The first-order chi connectivity index (χ1) is 7.65. The molecule has 0 unspecified atom stereocenters. The fraction of sp³-hybridized carbons (Fsp3) is 0.182. The molecule has 0 N–H and O–H groups in total. The van der Waals surface area contributed by atoms with E-state index >= 15 is 0 Å². The number of nitro groups is 1. The molecule has 0 saturated carbocycles. The molecule has 0 aliphatic carbocycles. The van der Waals surface area contributed by atoms with Gasteiger partial charge in [0.25, 0.3) is 5.69 Å². The Kier molecular flexibility index (Phi) is 4.20. The van der Waals surface area contributed by atoms with Gasteiger partial charge in [0.05, 0.1) is 24.0 Å². The van der Waals surface area contributed by atoms with Crippen LogP contribution in [0.1, 0.15) is 12.0 Å². The molecule has 1 rings (SSSR count). The number of benzene rings is 1. The van der Waals surface area contributed by atoms with Crippen molar-refractivity contribution in [3.63, 3.8) is 0 Å². The van der Waals surface area contributed by atoms with Crippen LogP contribution in [0.25, 0.3) is 6.08 Å². The van der Waals surface area contributed by atoms with Gasteiger partial charge in [0, 0.05) is 6.07 Å². The molecule has 16 heavy (non-hydrogen) atoms. The first-order valence-corrected chi connectivity index (χ1v) is 4.62. The van der Waals surface area contributed by atoms with Crippen molar-refractivity contribution in [2.24, 2.45) is 0 Å². The van der Waals surface area contributed by atoms with E-state index in [1.165, 1.54) is 25.3 Å². The summed E-state index contributed by atoms with van der Waals surface area (Å²) in [7, 11) is 1.29. The van der Waals surface area contributed by atoms with Gasteiger partial charge >= 0.3 is 5.97 Å². The zero-order valence-corrected chi connectivity index (χ0v) is 8.75. The van der Waals surface area contributed by atoms with Gasteiger partial charge in [-0.2, -0.15) is 0 Å². The third-order valence-electron chi connectivity index (χ3n) is 1.94. The maximum atomic E-state index is 10.8. The molecule has 5 heteroatoms. The second kappa shape index (κ2) is 5.65. The molecule has 0 bridgehead atoms. The lowest BCUT2D eigenvalue weighted by Crippen LogP contribution is -1.96. The lowest BCUT2D eigenvalue weighted by atomic mass is 10.1. The molecule has 0 spiro atoms. The molecular weight excluding hydrogens is 210 g/mol. The second-order valence-corrected chi connectivity index (χ2v) is 3.00. The number of nitro benzene ring substituents is 1. The van der Waals surface area contributed by atoms with Gasteiger partial charge in [-0.1, -0.05) is 24.3 Å². The van der Waals surface area contributed by atoms with E-state index < -0.39 is 4.92 Å². The summed E-state index contributed by atoms with van der Waals surface area (Å²) in [4.78, 5) is 21.0. The molecule has 1 aromatic rings. The Morgan fingerprint density at radius 3 is 2.81 bits per heavy atom. The molecule has 0 heterocycles. The predicted octanol–water partition coefficient (Wildman–Crippen LogP) is 2.17. The number of para-hydroxylation sites is 1. The molecule has 0 aliphatic rings. The molecule has 0 radical (unpaired) electrons. The van der Waals surface area contributed by atoms with Gasteiger partial charge in [-0.3, -0.25) is 14.9 Å².